The molecule has 62 heavy (non-hydrogen) atoms. The first-order chi connectivity index (χ1) is 29.9. The number of carbonyl (C=O) groups is 6. The number of aryl methyl sites for hydroxylation is 1. The number of nitrogens with one attached hydrogen (secondary N) is 5. The fourth-order valence-corrected chi connectivity index (χ4v) is 8.44. The lowest BCUT2D eigenvalue weighted by Gasteiger charge is -2.29. The topological polar surface area (TPSA) is 242 Å². The highest BCUT2D eigenvalue weighted by atomic mass is 19.1. The lowest BCUT2D eigenvalue weighted by Crippen LogP contribution is -2.52. The van der Waals surface area contributed by atoms with Crippen molar-refractivity contribution in [3.8, 4) is 11.4 Å². The van der Waals surface area contributed by atoms with Gasteiger partial charge in [0.1, 0.15) is 31.8 Å². The van der Waals surface area contributed by atoms with Crippen molar-refractivity contribution in [2.75, 3.05) is 33.0 Å². The van der Waals surface area contributed by atoms with Crippen molar-refractivity contribution in [2.24, 2.45) is 5.73 Å². The van der Waals surface area contributed by atoms with Gasteiger partial charge in [0.2, 0.25) is 29.5 Å². The number of rotatable bonds is 17. The fraction of sp³-hybridized carbons (Fsp3) is 0.409. The van der Waals surface area contributed by atoms with Gasteiger partial charge < -0.3 is 46.4 Å². The van der Waals surface area contributed by atoms with E-state index in [1.165, 1.54) is 6.07 Å². The Hall–Kier alpha value is -6.53. The monoisotopic (exact) mass is 852 g/mol. The van der Waals surface area contributed by atoms with E-state index in [1.54, 1.807) is 41.8 Å². The third kappa shape index (κ3) is 9.20. The van der Waals surface area contributed by atoms with E-state index in [1.807, 2.05) is 13.0 Å². The molecule has 3 aliphatic rings. The van der Waals surface area contributed by atoms with Crippen LogP contribution in [-0.4, -0.2) is 84.1 Å². The number of aromatic nitrogens is 2. The average Bonchev–Trinajstić information content (AvgIpc) is 3.63. The summed E-state index contributed by atoms with van der Waals surface area (Å²) in [5.74, 6) is -4.26. The van der Waals surface area contributed by atoms with Crippen LogP contribution in [0, 0.1) is 12.7 Å². The quantitative estimate of drug-likeness (QED) is 0.0443. The van der Waals surface area contributed by atoms with Gasteiger partial charge in [-0.2, -0.15) is 0 Å². The first kappa shape index (κ1) is 43.6. The molecule has 5 amide bonds. The number of fused-ring (bicyclic) bond motifs is 5. The molecular formula is C44H49FN8O9. The Morgan fingerprint density at radius 3 is 2.52 bits per heavy atom. The van der Waals surface area contributed by atoms with Gasteiger partial charge in [0.05, 0.1) is 60.6 Å². The second-order valence-electron chi connectivity index (χ2n) is 15.6. The number of nitrogens with zero attached hydrogens (tertiary/aromatic N) is 2. The largest absolute Gasteiger partial charge is 0.460 e. The molecule has 0 radical (unpaired) electrons. The van der Waals surface area contributed by atoms with Gasteiger partial charge in [-0.15, -0.1) is 0 Å². The highest BCUT2D eigenvalue weighted by Crippen LogP contribution is 2.45. The maximum atomic E-state index is 15.3. The van der Waals surface area contributed by atoms with Gasteiger partial charge in [0, 0.05) is 23.4 Å². The zero-order valence-electron chi connectivity index (χ0n) is 34.5. The number of hydrogen-bond acceptors (Lipinski definition) is 11. The van der Waals surface area contributed by atoms with Crippen molar-refractivity contribution in [3.63, 3.8) is 0 Å². The fourth-order valence-electron chi connectivity index (χ4n) is 8.44. The van der Waals surface area contributed by atoms with Crippen LogP contribution < -0.4 is 37.9 Å². The molecule has 3 atom stereocenters. The number of ether oxygens (including phenoxy) is 2. The minimum Gasteiger partial charge on any atom is -0.460 e. The third-order valence-corrected chi connectivity index (χ3v) is 11.6. The molecule has 326 valence electrons. The number of cyclic esters (lactones) is 1. The van der Waals surface area contributed by atoms with E-state index >= 15 is 4.39 Å². The molecule has 7 N–H and O–H groups in total. The lowest BCUT2D eigenvalue weighted by atomic mass is 9.81. The van der Waals surface area contributed by atoms with Crippen LogP contribution in [0.25, 0.3) is 22.3 Å². The lowest BCUT2D eigenvalue weighted by molar-refractivity contribution is -0.148. The molecule has 4 heterocycles. The number of amides is 5. The number of pyridine rings is 2. The van der Waals surface area contributed by atoms with Crippen molar-refractivity contribution < 1.29 is 42.6 Å². The van der Waals surface area contributed by atoms with E-state index < -0.39 is 66.5 Å². The molecule has 18 heteroatoms. The molecule has 7 rings (SSSR count). The number of esters is 1. The Morgan fingerprint density at radius 2 is 1.76 bits per heavy atom. The first-order valence-electron chi connectivity index (χ1n) is 20.7. The van der Waals surface area contributed by atoms with Crippen molar-refractivity contribution in [1.29, 1.82) is 0 Å². The van der Waals surface area contributed by atoms with Crippen molar-refractivity contribution >= 4 is 46.4 Å². The zero-order chi connectivity index (χ0) is 44.1. The molecule has 0 saturated carbocycles. The van der Waals surface area contributed by atoms with Crippen molar-refractivity contribution in [2.45, 2.75) is 83.5 Å². The number of unbranched alkanes of at least 4 members (excludes halogenated alkanes) is 1. The second kappa shape index (κ2) is 19.0. The van der Waals surface area contributed by atoms with Gasteiger partial charge >= 0.3 is 5.97 Å². The van der Waals surface area contributed by atoms with Gasteiger partial charge in [-0.1, -0.05) is 50.1 Å². The third-order valence-electron chi connectivity index (χ3n) is 11.6. The molecule has 0 saturated heterocycles. The molecule has 2 aromatic carbocycles. The van der Waals surface area contributed by atoms with Gasteiger partial charge in [-0.3, -0.25) is 33.6 Å². The molecule has 2 aromatic heterocycles. The Labute approximate surface area is 355 Å². The van der Waals surface area contributed by atoms with Gasteiger partial charge in [-0.25, -0.2) is 9.37 Å². The van der Waals surface area contributed by atoms with Crippen LogP contribution in [0.1, 0.15) is 83.5 Å². The molecule has 0 fully saturated rings. The zero-order valence-corrected chi connectivity index (χ0v) is 34.5. The van der Waals surface area contributed by atoms with E-state index in [0.29, 0.717) is 52.9 Å². The van der Waals surface area contributed by atoms with Crippen LogP contribution in [0.15, 0.2) is 47.3 Å². The summed E-state index contributed by atoms with van der Waals surface area (Å²) in [6, 6.07) is 10.5. The highest BCUT2D eigenvalue weighted by molar-refractivity contribution is 5.94. The highest BCUT2D eigenvalue weighted by Gasteiger charge is 2.38. The van der Waals surface area contributed by atoms with Gasteiger partial charge in [0.25, 0.3) is 5.56 Å². The molecule has 0 unspecified atom stereocenters. The molecule has 0 spiro atoms. The summed E-state index contributed by atoms with van der Waals surface area (Å²) in [7, 11) is 0. The van der Waals surface area contributed by atoms with Crippen LogP contribution >= 0.6 is 0 Å². The number of hydrogen-bond donors (Lipinski definition) is 6. The average molecular weight is 853 g/mol. The van der Waals surface area contributed by atoms with Crippen LogP contribution in [0.4, 0.5) is 4.39 Å². The summed E-state index contributed by atoms with van der Waals surface area (Å²) in [5, 5.41) is 13.7. The van der Waals surface area contributed by atoms with Crippen LogP contribution in [0.3, 0.4) is 0 Å². The number of halogens is 1. The van der Waals surface area contributed by atoms with Crippen LogP contribution in [0.2, 0.25) is 0 Å². The molecule has 0 bridgehead atoms. The Bertz CT molecular complexity index is 2510. The molecule has 1 aliphatic carbocycles. The van der Waals surface area contributed by atoms with Crippen molar-refractivity contribution in [1.82, 2.24) is 36.1 Å². The summed E-state index contributed by atoms with van der Waals surface area (Å²) >= 11 is 0. The molecule has 17 nitrogen and oxygen atoms in total. The number of benzene rings is 2. The minimum atomic E-state index is -1.06. The Kier molecular flexibility index (Phi) is 13.4. The summed E-state index contributed by atoms with van der Waals surface area (Å²) < 4.78 is 27.9. The van der Waals surface area contributed by atoms with E-state index in [0.717, 1.165) is 40.5 Å². The molecular weight excluding hydrogens is 804 g/mol. The summed E-state index contributed by atoms with van der Waals surface area (Å²) in [5.41, 5.74) is 11.0. The van der Waals surface area contributed by atoms with Crippen LogP contribution in [-0.2, 0) is 64.2 Å². The summed E-state index contributed by atoms with van der Waals surface area (Å²) in [6.45, 7) is 1.84. The SMILES string of the molecule is CCCC[C@@H]1C(=O)OCc2c1cc1n(c2=O)Cc2c-1nc1cc(F)c(C)c3c1c2[C@@H](NC(=O)COCNC(=O)CNC(=O)[C@H](Cc1ccccc1)NC(=O)CNC(=O)CN)CC3. The van der Waals surface area contributed by atoms with Crippen LogP contribution in [0.5, 0.6) is 0 Å². The normalized spacial score (nSPS) is 16.3. The van der Waals surface area contributed by atoms with Gasteiger partial charge in [0.15, 0.2) is 0 Å². The van der Waals surface area contributed by atoms with E-state index in [-0.39, 0.29) is 50.9 Å². The van der Waals surface area contributed by atoms with Crippen molar-refractivity contribution in [3.05, 3.63) is 97.6 Å². The Balaban J connectivity index is 0.998. The van der Waals surface area contributed by atoms with Gasteiger partial charge in [-0.05, 0) is 60.1 Å². The predicted molar refractivity (Wildman–Crippen MR) is 223 cm³/mol. The number of nitrogens with two attached hydrogens (primary N) is 1. The maximum absolute atomic E-state index is 15.3. The molecule has 4 aromatic rings. The smallest absolute Gasteiger partial charge is 0.313 e. The minimum absolute atomic E-state index is 0.116. The number of carbonyl (C=O) groups excluding carboxylic acids is 6. The summed E-state index contributed by atoms with van der Waals surface area (Å²) in [6.07, 6.45) is 3.19. The summed E-state index contributed by atoms with van der Waals surface area (Å²) in [4.78, 5) is 94.9. The Morgan fingerprint density at radius 1 is 0.984 bits per heavy atom. The van der Waals surface area contributed by atoms with E-state index in [9.17, 15) is 33.6 Å². The maximum Gasteiger partial charge on any atom is 0.313 e. The van der Waals surface area contributed by atoms with E-state index in [2.05, 4.69) is 26.6 Å². The second-order valence-corrected chi connectivity index (χ2v) is 15.6. The standard InChI is InChI=1S/C44H49FN8O9/c1-3-4-10-26-27-14-34-41-28(19-53(34)43(59)29(27)20-62-44(26)60)40-31(12-11-25-23(2)30(45)15-32(52-41)39(25)40)50-38(57)21-61-22-49-36(55)17-48-42(58)33(13-24-8-6-5-7-9-24)51-37(56)18-47-35(54)16-46/h5-9,14-15,26,31,33H,3-4,10-13,16-22,46H2,1-2H3,(H,47,54)(H,48,58)(H,49,55)(H,50,57)(H,51,56)/t26-,31-,33-/m0/s1. The van der Waals surface area contributed by atoms with E-state index in [4.69, 9.17) is 20.2 Å². The predicted octanol–water partition coefficient (Wildman–Crippen LogP) is 1.32. The molecule has 2 aliphatic heterocycles. The first-order valence-corrected chi connectivity index (χ1v) is 20.7.